The van der Waals surface area contributed by atoms with E-state index in [0.717, 1.165) is 0 Å². The molecule has 0 saturated carbocycles. The lowest BCUT2D eigenvalue weighted by molar-refractivity contribution is 0.0984. The van der Waals surface area contributed by atoms with Gasteiger partial charge < -0.3 is 10.5 Å². The number of nitrogens with two attached hydrogens (primary N) is 1. The molecule has 0 aliphatic heterocycles. The highest BCUT2D eigenvalue weighted by molar-refractivity contribution is 6.01. The van der Waals surface area contributed by atoms with Crippen LogP contribution in [-0.4, -0.2) is 12.9 Å². The predicted molar refractivity (Wildman–Crippen MR) is 61.2 cm³/mol. The van der Waals surface area contributed by atoms with Gasteiger partial charge in [0.1, 0.15) is 5.75 Å². The van der Waals surface area contributed by atoms with E-state index in [2.05, 4.69) is 6.58 Å². The first-order valence-corrected chi connectivity index (χ1v) is 4.77. The largest absolute Gasteiger partial charge is 0.495 e. The van der Waals surface area contributed by atoms with Crippen molar-refractivity contribution in [1.82, 2.24) is 0 Å². The smallest absolute Gasteiger partial charge is 0.165 e. The van der Waals surface area contributed by atoms with Crippen LogP contribution >= 0.6 is 0 Å². The van der Waals surface area contributed by atoms with Crippen molar-refractivity contribution in [1.29, 1.82) is 0 Å². The van der Waals surface area contributed by atoms with E-state index >= 15 is 0 Å². The molecule has 1 aromatic rings. The van der Waals surface area contributed by atoms with Crippen LogP contribution in [0.25, 0.3) is 0 Å². The molecule has 0 heterocycles. The summed E-state index contributed by atoms with van der Waals surface area (Å²) in [6.07, 6.45) is 2.81. The van der Waals surface area contributed by atoms with Crippen LogP contribution in [0.2, 0.25) is 0 Å². The van der Waals surface area contributed by atoms with Crippen LogP contribution in [-0.2, 0) is 0 Å². The zero-order valence-corrected chi connectivity index (χ0v) is 8.82. The topological polar surface area (TPSA) is 52.3 Å². The van der Waals surface area contributed by atoms with Crippen LogP contribution in [0.5, 0.6) is 5.75 Å². The van der Waals surface area contributed by atoms with E-state index in [1.54, 1.807) is 24.3 Å². The van der Waals surface area contributed by atoms with E-state index in [1.165, 1.54) is 7.11 Å². The molecule has 15 heavy (non-hydrogen) atoms. The van der Waals surface area contributed by atoms with Crippen LogP contribution in [0.4, 0.5) is 5.69 Å². The van der Waals surface area contributed by atoms with Crippen molar-refractivity contribution in [2.75, 3.05) is 12.8 Å². The van der Waals surface area contributed by atoms with Gasteiger partial charge in [-0.25, -0.2) is 0 Å². The van der Waals surface area contributed by atoms with Crippen molar-refractivity contribution in [2.24, 2.45) is 0 Å². The summed E-state index contributed by atoms with van der Waals surface area (Å²) in [5.41, 5.74) is 6.73. The number of nitrogen functional groups attached to an aromatic ring is 1. The number of allylic oxidation sites excluding steroid dienone is 1. The molecule has 0 fully saturated rings. The number of hydrogen-bond acceptors (Lipinski definition) is 3. The molecule has 0 aliphatic rings. The summed E-state index contributed by atoms with van der Waals surface area (Å²) >= 11 is 0. The molecular weight excluding hydrogens is 190 g/mol. The van der Waals surface area contributed by atoms with E-state index in [9.17, 15) is 4.79 Å². The summed E-state index contributed by atoms with van der Waals surface area (Å²) in [7, 11) is 1.53. The van der Waals surface area contributed by atoms with E-state index in [1.807, 2.05) is 0 Å². The average Bonchev–Trinajstić information content (AvgIpc) is 2.26. The number of carbonyl (C=O) groups is 1. The van der Waals surface area contributed by atoms with Crippen LogP contribution in [0.3, 0.4) is 0 Å². The Kier molecular flexibility index (Phi) is 3.92. The lowest BCUT2D eigenvalue weighted by Crippen LogP contribution is -2.04. The number of ether oxygens (including phenoxy) is 1. The summed E-state index contributed by atoms with van der Waals surface area (Å²) in [5.74, 6) is 0.561. The highest BCUT2D eigenvalue weighted by atomic mass is 16.5. The normalized spacial score (nSPS) is 9.67. The van der Waals surface area contributed by atoms with Gasteiger partial charge in [-0.3, -0.25) is 4.79 Å². The Hall–Kier alpha value is -1.77. The number of rotatable bonds is 5. The Morgan fingerprint density at radius 1 is 1.60 bits per heavy atom. The highest BCUT2D eigenvalue weighted by Crippen LogP contribution is 2.25. The van der Waals surface area contributed by atoms with Gasteiger partial charge in [-0.15, -0.1) is 6.58 Å². The third-order valence-corrected chi connectivity index (χ3v) is 2.16. The monoisotopic (exact) mass is 205 g/mol. The van der Waals surface area contributed by atoms with Crippen molar-refractivity contribution in [3.8, 4) is 5.75 Å². The van der Waals surface area contributed by atoms with E-state index in [4.69, 9.17) is 10.5 Å². The third-order valence-electron chi connectivity index (χ3n) is 2.16. The number of methoxy groups -OCH3 is 1. The van der Waals surface area contributed by atoms with Crippen LogP contribution in [0, 0.1) is 0 Å². The zero-order valence-electron chi connectivity index (χ0n) is 8.82. The van der Waals surface area contributed by atoms with Crippen LogP contribution in [0.1, 0.15) is 23.2 Å². The van der Waals surface area contributed by atoms with E-state index in [0.29, 0.717) is 29.8 Å². The fraction of sp³-hybridized carbons (Fsp3) is 0.250. The summed E-state index contributed by atoms with van der Waals surface area (Å²) in [4.78, 5) is 11.7. The maximum atomic E-state index is 11.7. The number of Topliss-reactive ketones (excluding diaryl/α,β-unsaturated/α-hetero) is 1. The lowest BCUT2D eigenvalue weighted by Gasteiger charge is -2.08. The van der Waals surface area contributed by atoms with Gasteiger partial charge in [-0.2, -0.15) is 0 Å². The molecule has 0 unspecified atom stereocenters. The van der Waals surface area contributed by atoms with Gasteiger partial charge in [-0.05, 0) is 18.6 Å². The molecule has 0 bridgehead atoms. The summed E-state index contributed by atoms with van der Waals surface area (Å²) in [5, 5.41) is 0. The highest BCUT2D eigenvalue weighted by Gasteiger charge is 2.11. The molecule has 0 radical (unpaired) electrons. The summed E-state index contributed by atoms with van der Waals surface area (Å²) in [6.45, 7) is 3.57. The molecular formula is C12H15NO2. The fourth-order valence-electron chi connectivity index (χ4n) is 1.33. The Balaban J connectivity index is 2.93. The third kappa shape index (κ3) is 2.59. The van der Waals surface area contributed by atoms with Crippen LogP contribution in [0.15, 0.2) is 30.9 Å². The first kappa shape index (κ1) is 11.3. The Bertz CT molecular complexity index is 372. The van der Waals surface area contributed by atoms with E-state index in [-0.39, 0.29) is 5.78 Å². The van der Waals surface area contributed by atoms with Gasteiger partial charge in [0.25, 0.3) is 0 Å². The average molecular weight is 205 g/mol. The van der Waals surface area contributed by atoms with Gasteiger partial charge in [-0.1, -0.05) is 12.1 Å². The maximum absolute atomic E-state index is 11.7. The number of anilines is 1. The van der Waals surface area contributed by atoms with Gasteiger partial charge in [0.15, 0.2) is 5.78 Å². The standard InChI is InChI=1S/C12H15NO2/c1-3-4-7-10(14)9-6-5-8-11(15-2)12(9)13/h3,5-6,8H,1,4,7,13H2,2H3. The van der Waals surface area contributed by atoms with Crippen molar-refractivity contribution in [2.45, 2.75) is 12.8 Å². The zero-order chi connectivity index (χ0) is 11.3. The Morgan fingerprint density at radius 2 is 2.33 bits per heavy atom. The lowest BCUT2D eigenvalue weighted by atomic mass is 10.0. The number of para-hydroxylation sites is 1. The molecule has 80 valence electrons. The molecule has 0 atom stereocenters. The molecule has 0 spiro atoms. The first-order valence-electron chi connectivity index (χ1n) is 4.77. The molecule has 0 amide bonds. The minimum Gasteiger partial charge on any atom is -0.495 e. The molecule has 1 rings (SSSR count). The number of benzene rings is 1. The molecule has 3 nitrogen and oxygen atoms in total. The van der Waals surface area contributed by atoms with Gasteiger partial charge >= 0.3 is 0 Å². The number of ketones is 1. The van der Waals surface area contributed by atoms with Crippen molar-refractivity contribution in [3.05, 3.63) is 36.4 Å². The predicted octanol–water partition coefficient (Wildman–Crippen LogP) is 2.43. The molecule has 3 heteroatoms. The second kappa shape index (κ2) is 5.20. The van der Waals surface area contributed by atoms with Gasteiger partial charge in [0.05, 0.1) is 12.8 Å². The Morgan fingerprint density at radius 3 is 2.93 bits per heavy atom. The quantitative estimate of drug-likeness (QED) is 0.456. The molecule has 1 aromatic carbocycles. The van der Waals surface area contributed by atoms with Crippen LogP contribution < -0.4 is 10.5 Å². The second-order valence-corrected chi connectivity index (χ2v) is 3.17. The molecule has 0 saturated heterocycles. The van der Waals surface area contributed by atoms with Crippen molar-refractivity contribution < 1.29 is 9.53 Å². The minimum absolute atomic E-state index is 0.0197. The summed E-state index contributed by atoms with van der Waals surface area (Å²) in [6, 6.07) is 5.21. The first-order chi connectivity index (χ1) is 7.20. The fourth-order valence-corrected chi connectivity index (χ4v) is 1.33. The van der Waals surface area contributed by atoms with Gasteiger partial charge in [0, 0.05) is 12.0 Å². The molecule has 0 aliphatic carbocycles. The SMILES string of the molecule is C=CCCC(=O)c1cccc(OC)c1N. The molecule has 0 aromatic heterocycles. The second-order valence-electron chi connectivity index (χ2n) is 3.17. The Labute approximate surface area is 89.5 Å². The molecule has 2 N–H and O–H groups in total. The van der Waals surface area contributed by atoms with Crippen molar-refractivity contribution in [3.63, 3.8) is 0 Å². The van der Waals surface area contributed by atoms with Gasteiger partial charge in [0.2, 0.25) is 0 Å². The van der Waals surface area contributed by atoms with E-state index < -0.39 is 0 Å². The number of hydrogen-bond donors (Lipinski definition) is 1. The van der Waals surface area contributed by atoms with Crippen molar-refractivity contribution >= 4 is 11.5 Å². The number of carbonyl (C=O) groups excluding carboxylic acids is 1. The summed E-state index contributed by atoms with van der Waals surface area (Å²) < 4.78 is 5.04. The minimum atomic E-state index is 0.0197. The maximum Gasteiger partial charge on any atom is 0.165 e.